The van der Waals surface area contributed by atoms with Crippen LogP contribution in [0.1, 0.15) is 41.9 Å². The molecule has 0 saturated heterocycles. The molecule has 1 N–H and O–H groups in total. The molecule has 1 aliphatic carbocycles. The minimum absolute atomic E-state index is 0.0929. The number of nitrogens with zero attached hydrogens (tertiary/aromatic N) is 1. The van der Waals surface area contributed by atoms with Crippen LogP contribution in [0.5, 0.6) is 0 Å². The van der Waals surface area contributed by atoms with Gasteiger partial charge < -0.3 is 5.32 Å². The number of nitrogens with one attached hydrogen (secondary N) is 1. The Labute approximate surface area is 150 Å². The maximum Gasteiger partial charge on any atom is 0.235 e. The normalized spacial score (nSPS) is 24.7. The van der Waals surface area contributed by atoms with Gasteiger partial charge in [0.25, 0.3) is 0 Å². The highest BCUT2D eigenvalue weighted by Gasteiger charge is 2.55. The molecule has 4 nitrogen and oxygen atoms in total. The summed E-state index contributed by atoms with van der Waals surface area (Å²) in [5.74, 6) is -0.234. The van der Waals surface area contributed by atoms with Crippen LogP contribution in [-0.4, -0.2) is 11.7 Å². The number of carbonyl (C=O) groups is 2. The van der Waals surface area contributed by atoms with Crippen molar-refractivity contribution < 1.29 is 9.59 Å². The second-order valence-corrected chi connectivity index (χ2v) is 7.08. The molecule has 5 heteroatoms. The Morgan fingerprint density at radius 3 is 2.84 bits per heavy atom. The van der Waals surface area contributed by atoms with Gasteiger partial charge in [-0.2, -0.15) is 5.26 Å². The molecule has 1 heterocycles. The maximum atomic E-state index is 13.0. The molecule has 2 atom stereocenters. The summed E-state index contributed by atoms with van der Waals surface area (Å²) in [5, 5.41) is 12.7. The smallest absolute Gasteiger partial charge is 0.235 e. The van der Waals surface area contributed by atoms with Gasteiger partial charge in [-0.25, -0.2) is 0 Å². The molecule has 1 aliphatic heterocycles. The van der Waals surface area contributed by atoms with Crippen LogP contribution < -0.4 is 5.32 Å². The van der Waals surface area contributed by atoms with Crippen LogP contribution in [-0.2, 0) is 15.0 Å². The number of rotatable bonds is 1. The lowest BCUT2D eigenvalue weighted by atomic mass is 9.60. The zero-order chi connectivity index (χ0) is 17.6. The number of hydrogen-bond acceptors (Lipinski definition) is 3. The minimum atomic E-state index is -0.790. The van der Waals surface area contributed by atoms with Gasteiger partial charge in [-0.05, 0) is 41.8 Å². The van der Waals surface area contributed by atoms with Crippen LogP contribution in [0.3, 0.4) is 0 Å². The number of benzene rings is 2. The SMILES string of the molecule is N#Cc1cccc([C@@H]2CC(=O)CC[C@@]23C(=O)Nc2cc(Cl)ccc23)c1. The summed E-state index contributed by atoms with van der Waals surface area (Å²) in [5.41, 5.74) is 2.20. The molecule has 0 radical (unpaired) electrons. The second kappa shape index (κ2) is 5.72. The van der Waals surface area contributed by atoms with Crippen molar-refractivity contribution in [1.29, 1.82) is 5.26 Å². The van der Waals surface area contributed by atoms with Crippen LogP contribution >= 0.6 is 11.6 Å². The first kappa shape index (κ1) is 15.9. The standard InChI is InChI=1S/C20H15ClN2O2/c21-14-4-5-16-18(9-14)23-19(25)20(16)7-6-15(24)10-17(20)13-3-1-2-12(8-13)11-22/h1-5,8-9,17H,6-7,10H2,(H,23,25)/t17-,20-/m0/s1. The highest BCUT2D eigenvalue weighted by molar-refractivity contribution is 6.31. The number of halogens is 1. The summed E-state index contributed by atoms with van der Waals surface area (Å²) in [6.07, 6.45) is 1.14. The van der Waals surface area contributed by atoms with Crippen LogP contribution in [0.15, 0.2) is 42.5 Å². The number of anilines is 1. The number of carbonyl (C=O) groups excluding carboxylic acids is 2. The summed E-state index contributed by atoms with van der Waals surface area (Å²) in [6, 6.07) is 14.8. The fourth-order valence-corrected chi connectivity index (χ4v) is 4.37. The number of amides is 1. The monoisotopic (exact) mass is 350 g/mol. The van der Waals surface area contributed by atoms with Crippen LogP contribution in [0, 0.1) is 11.3 Å². The van der Waals surface area contributed by atoms with Gasteiger partial charge in [-0.3, -0.25) is 9.59 Å². The van der Waals surface area contributed by atoms with E-state index in [9.17, 15) is 14.9 Å². The molecule has 0 unspecified atom stereocenters. The third kappa shape index (κ3) is 2.35. The van der Waals surface area contributed by atoms with Gasteiger partial charge in [-0.15, -0.1) is 0 Å². The van der Waals surface area contributed by atoms with Gasteiger partial charge in [0.15, 0.2) is 0 Å². The second-order valence-electron chi connectivity index (χ2n) is 6.65. The first-order valence-corrected chi connectivity index (χ1v) is 8.55. The molecule has 0 aromatic heterocycles. The fourth-order valence-electron chi connectivity index (χ4n) is 4.20. The van der Waals surface area contributed by atoms with Gasteiger partial charge in [0.05, 0.1) is 17.0 Å². The molecule has 1 saturated carbocycles. The minimum Gasteiger partial charge on any atom is -0.325 e. The van der Waals surface area contributed by atoms with Crippen LogP contribution in [0.25, 0.3) is 0 Å². The van der Waals surface area contributed by atoms with Gasteiger partial charge in [0.1, 0.15) is 5.78 Å². The maximum absolute atomic E-state index is 13.0. The predicted octanol–water partition coefficient (Wildman–Crippen LogP) is 3.94. The molecule has 2 aliphatic rings. The quantitative estimate of drug-likeness (QED) is 0.846. The highest BCUT2D eigenvalue weighted by atomic mass is 35.5. The molecule has 1 amide bonds. The van der Waals surface area contributed by atoms with E-state index in [1.165, 1.54) is 0 Å². The number of fused-ring (bicyclic) bond motifs is 2. The van der Waals surface area contributed by atoms with E-state index in [4.69, 9.17) is 11.6 Å². The van der Waals surface area contributed by atoms with E-state index in [1.807, 2.05) is 12.1 Å². The topological polar surface area (TPSA) is 70.0 Å². The van der Waals surface area contributed by atoms with Gasteiger partial charge >= 0.3 is 0 Å². The van der Waals surface area contributed by atoms with Crippen LogP contribution in [0.2, 0.25) is 5.02 Å². The zero-order valence-corrected chi connectivity index (χ0v) is 14.1. The summed E-state index contributed by atoms with van der Waals surface area (Å²) in [7, 11) is 0. The number of nitriles is 1. The molecule has 25 heavy (non-hydrogen) atoms. The Hall–Kier alpha value is -2.64. The van der Waals surface area contributed by atoms with Crippen molar-refractivity contribution in [3.05, 3.63) is 64.2 Å². The summed E-state index contributed by atoms with van der Waals surface area (Å²) >= 11 is 6.07. The molecule has 4 rings (SSSR count). The van der Waals surface area contributed by atoms with Crippen molar-refractivity contribution in [3.63, 3.8) is 0 Å². The average Bonchev–Trinajstić information content (AvgIpc) is 2.88. The Bertz CT molecular complexity index is 947. The van der Waals surface area contributed by atoms with Gasteiger partial charge in [0, 0.05) is 29.5 Å². The van der Waals surface area contributed by atoms with E-state index >= 15 is 0 Å². The van der Waals surface area contributed by atoms with Gasteiger partial charge in [0.2, 0.25) is 5.91 Å². The summed E-state index contributed by atoms with van der Waals surface area (Å²) < 4.78 is 0. The van der Waals surface area contributed by atoms with Crippen LogP contribution in [0.4, 0.5) is 5.69 Å². The Morgan fingerprint density at radius 1 is 1.20 bits per heavy atom. The summed E-state index contributed by atoms with van der Waals surface area (Å²) in [6.45, 7) is 0. The molecule has 2 aromatic rings. The molecule has 1 fully saturated rings. The lowest BCUT2D eigenvalue weighted by Crippen LogP contribution is -2.44. The molecular weight excluding hydrogens is 336 g/mol. The predicted molar refractivity (Wildman–Crippen MR) is 94.5 cm³/mol. The highest BCUT2D eigenvalue weighted by Crippen LogP contribution is 2.54. The number of Topliss-reactive ketones (excluding diaryl/α,β-unsaturated/α-hetero) is 1. The van der Waals surface area contributed by atoms with Crippen molar-refractivity contribution in [3.8, 4) is 6.07 Å². The first-order valence-electron chi connectivity index (χ1n) is 8.18. The largest absolute Gasteiger partial charge is 0.325 e. The van der Waals surface area contributed by atoms with Crippen molar-refractivity contribution in [2.24, 2.45) is 0 Å². The number of hydrogen-bond donors (Lipinski definition) is 1. The van der Waals surface area contributed by atoms with E-state index in [0.717, 1.165) is 11.1 Å². The molecule has 2 aromatic carbocycles. The first-order chi connectivity index (χ1) is 12.0. The molecule has 0 bridgehead atoms. The zero-order valence-electron chi connectivity index (χ0n) is 13.4. The Morgan fingerprint density at radius 2 is 2.04 bits per heavy atom. The van der Waals surface area contributed by atoms with Crippen molar-refractivity contribution in [2.75, 3.05) is 5.32 Å². The van der Waals surface area contributed by atoms with E-state index < -0.39 is 5.41 Å². The molecule has 1 spiro atoms. The molecular formula is C20H15ClN2O2. The third-order valence-corrected chi connectivity index (χ3v) is 5.59. The third-order valence-electron chi connectivity index (χ3n) is 5.36. The fraction of sp³-hybridized carbons (Fsp3) is 0.250. The van der Waals surface area contributed by atoms with E-state index in [2.05, 4.69) is 11.4 Å². The van der Waals surface area contributed by atoms with Crippen molar-refractivity contribution in [2.45, 2.75) is 30.6 Å². The van der Waals surface area contributed by atoms with Gasteiger partial charge in [-0.1, -0.05) is 29.8 Å². The van der Waals surface area contributed by atoms with E-state index in [-0.39, 0.29) is 17.6 Å². The average molecular weight is 351 g/mol. The molecule has 124 valence electrons. The number of ketones is 1. The van der Waals surface area contributed by atoms with E-state index in [1.54, 1.807) is 30.3 Å². The lowest BCUT2D eigenvalue weighted by molar-refractivity contribution is -0.127. The van der Waals surface area contributed by atoms with Crippen molar-refractivity contribution in [1.82, 2.24) is 0 Å². The Kier molecular flexibility index (Phi) is 3.63. The van der Waals surface area contributed by atoms with E-state index in [0.29, 0.717) is 35.5 Å². The Balaban J connectivity index is 1.91. The summed E-state index contributed by atoms with van der Waals surface area (Å²) in [4.78, 5) is 25.2. The lowest BCUT2D eigenvalue weighted by Gasteiger charge is -2.39. The van der Waals surface area contributed by atoms with Crippen molar-refractivity contribution >= 4 is 29.0 Å².